The van der Waals surface area contributed by atoms with Gasteiger partial charge in [-0.2, -0.15) is 0 Å². The molecule has 1 N–H and O–H groups in total. The summed E-state index contributed by atoms with van der Waals surface area (Å²) in [7, 11) is 2.19. The molecule has 3 heteroatoms. The fourth-order valence-electron chi connectivity index (χ4n) is 3.71. The van der Waals surface area contributed by atoms with Crippen molar-refractivity contribution in [3.8, 4) is 0 Å². The van der Waals surface area contributed by atoms with Crippen LogP contribution in [-0.4, -0.2) is 39.8 Å². The van der Waals surface area contributed by atoms with Gasteiger partial charge < -0.3 is 15.1 Å². The summed E-state index contributed by atoms with van der Waals surface area (Å²) in [5, 5.41) is 3.69. The number of rotatable bonds is 5. The Labute approximate surface area is 129 Å². The maximum atomic E-state index is 3.69. The number of para-hydroxylation sites is 2. The van der Waals surface area contributed by atoms with E-state index in [1.165, 1.54) is 50.0 Å². The first-order valence-electron chi connectivity index (χ1n) is 8.60. The van der Waals surface area contributed by atoms with E-state index in [0.29, 0.717) is 0 Å². The normalized spacial score (nSPS) is 19.7. The molecule has 0 amide bonds. The van der Waals surface area contributed by atoms with Gasteiger partial charge >= 0.3 is 0 Å². The Morgan fingerprint density at radius 2 is 1.81 bits per heavy atom. The minimum absolute atomic E-state index is 0.929. The SMILES string of the molecule is CN1CCN(CCNCC2CCCCC2)c2ccccc21. The van der Waals surface area contributed by atoms with Crippen LogP contribution in [0.2, 0.25) is 0 Å². The zero-order chi connectivity index (χ0) is 14.5. The molecule has 3 rings (SSSR count). The Morgan fingerprint density at radius 1 is 1.05 bits per heavy atom. The molecule has 1 aliphatic heterocycles. The van der Waals surface area contributed by atoms with Crippen molar-refractivity contribution < 1.29 is 0 Å². The van der Waals surface area contributed by atoms with Gasteiger partial charge in [0.1, 0.15) is 0 Å². The molecule has 1 aromatic rings. The molecule has 1 heterocycles. The Morgan fingerprint density at radius 3 is 2.62 bits per heavy atom. The summed E-state index contributed by atoms with van der Waals surface area (Å²) in [6.07, 6.45) is 7.21. The molecule has 1 aliphatic carbocycles. The minimum atomic E-state index is 0.929. The second-order valence-corrected chi connectivity index (χ2v) is 6.61. The standard InChI is InChI=1S/C18H29N3/c1-20-13-14-21(18-10-6-5-9-17(18)20)12-11-19-15-16-7-3-2-4-8-16/h5-6,9-10,16,19H,2-4,7-8,11-15H2,1H3. The molecule has 0 aromatic heterocycles. The van der Waals surface area contributed by atoms with Crippen LogP contribution < -0.4 is 15.1 Å². The van der Waals surface area contributed by atoms with E-state index in [9.17, 15) is 0 Å². The topological polar surface area (TPSA) is 18.5 Å². The summed E-state index contributed by atoms with van der Waals surface area (Å²) in [5.74, 6) is 0.929. The molecule has 0 atom stereocenters. The number of likely N-dealkylation sites (N-methyl/N-ethyl adjacent to an activating group) is 1. The van der Waals surface area contributed by atoms with Gasteiger partial charge in [0.15, 0.2) is 0 Å². The largest absolute Gasteiger partial charge is 0.371 e. The third-order valence-electron chi connectivity index (χ3n) is 5.06. The molecule has 116 valence electrons. The van der Waals surface area contributed by atoms with E-state index in [1.807, 2.05) is 0 Å². The molecule has 1 fully saturated rings. The molecule has 21 heavy (non-hydrogen) atoms. The molecule has 0 unspecified atom stereocenters. The lowest BCUT2D eigenvalue weighted by Gasteiger charge is -2.37. The van der Waals surface area contributed by atoms with Gasteiger partial charge in [-0.1, -0.05) is 31.4 Å². The summed E-state index contributed by atoms with van der Waals surface area (Å²) in [5.41, 5.74) is 2.77. The van der Waals surface area contributed by atoms with Gasteiger partial charge in [-0.25, -0.2) is 0 Å². The lowest BCUT2D eigenvalue weighted by atomic mass is 9.89. The Balaban J connectivity index is 1.46. The van der Waals surface area contributed by atoms with Crippen molar-refractivity contribution in [1.29, 1.82) is 0 Å². The van der Waals surface area contributed by atoms with Gasteiger partial charge in [-0.3, -0.25) is 0 Å². The Hall–Kier alpha value is -1.22. The van der Waals surface area contributed by atoms with E-state index in [-0.39, 0.29) is 0 Å². The van der Waals surface area contributed by atoms with Crippen LogP contribution in [-0.2, 0) is 0 Å². The van der Waals surface area contributed by atoms with Crippen LogP contribution in [0.5, 0.6) is 0 Å². The molecule has 0 spiro atoms. The number of anilines is 2. The zero-order valence-corrected chi connectivity index (χ0v) is 13.4. The zero-order valence-electron chi connectivity index (χ0n) is 13.4. The molecule has 3 nitrogen and oxygen atoms in total. The number of nitrogens with one attached hydrogen (secondary N) is 1. The summed E-state index contributed by atoms with van der Waals surface area (Å²) >= 11 is 0. The van der Waals surface area contributed by atoms with Crippen molar-refractivity contribution in [2.45, 2.75) is 32.1 Å². The molecule has 2 aliphatic rings. The summed E-state index contributed by atoms with van der Waals surface area (Å²) in [4.78, 5) is 4.89. The van der Waals surface area contributed by atoms with Crippen LogP contribution in [0.1, 0.15) is 32.1 Å². The second-order valence-electron chi connectivity index (χ2n) is 6.61. The fraction of sp³-hybridized carbons (Fsp3) is 0.667. The van der Waals surface area contributed by atoms with E-state index >= 15 is 0 Å². The van der Waals surface area contributed by atoms with Crippen molar-refractivity contribution in [3.63, 3.8) is 0 Å². The smallest absolute Gasteiger partial charge is 0.0605 e. The Bertz CT molecular complexity index is 440. The molecule has 1 aromatic carbocycles. The fourth-order valence-corrected chi connectivity index (χ4v) is 3.71. The lowest BCUT2D eigenvalue weighted by molar-refractivity contribution is 0.343. The third kappa shape index (κ3) is 3.70. The number of benzene rings is 1. The third-order valence-corrected chi connectivity index (χ3v) is 5.06. The Kier molecular flexibility index (Phi) is 5.02. The molecule has 1 saturated carbocycles. The van der Waals surface area contributed by atoms with Gasteiger partial charge in [0, 0.05) is 33.2 Å². The highest BCUT2D eigenvalue weighted by Crippen LogP contribution is 2.31. The van der Waals surface area contributed by atoms with E-state index < -0.39 is 0 Å². The van der Waals surface area contributed by atoms with E-state index in [4.69, 9.17) is 0 Å². The lowest BCUT2D eigenvalue weighted by Crippen LogP contribution is -2.42. The maximum Gasteiger partial charge on any atom is 0.0605 e. The monoisotopic (exact) mass is 287 g/mol. The highest BCUT2D eigenvalue weighted by molar-refractivity contribution is 5.73. The van der Waals surface area contributed by atoms with Crippen LogP contribution in [0.25, 0.3) is 0 Å². The summed E-state index contributed by atoms with van der Waals surface area (Å²) < 4.78 is 0. The van der Waals surface area contributed by atoms with Gasteiger partial charge in [-0.15, -0.1) is 0 Å². The van der Waals surface area contributed by atoms with Crippen LogP contribution >= 0.6 is 0 Å². The van der Waals surface area contributed by atoms with Gasteiger partial charge in [0.2, 0.25) is 0 Å². The quantitative estimate of drug-likeness (QED) is 0.840. The van der Waals surface area contributed by atoms with Gasteiger partial charge in [0.25, 0.3) is 0 Å². The highest BCUT2D eigenvalue weighted by Gasteiger charge is 2.19. The first-order valence-corrected chi connectivity index (χ1v) is 8.60. The van der Waals surface area contributed by atoms with Crippen LogP contribution in [0.4, 0.5) is 11.4 Å². The molecule has 0 radical (unpaired) electrons. The van der Waals surface area contributed by atoms with Crippen LogP contribution in [0.15, 0.2) is 24.3 Å². The first-order chi connectivity index (χ1) is 10.3. The number of hydrogen-bond donors (Lipinski definition) is 1. The van der Waals surface area contributed by atoms with Crippen molar-refractivity contribution in [2.24, 2.45) is 5.92 Å². The highest BCUT2D eigenvalue weighted by atomic mass is 15.3. The van der Waals surface area contributed by atoms with E-state index in [2.05, 4.69) is 46.4 Å². The summed E-state index contributed by atoms with van der Waals surface area (Å²) in [6, 6.07) is 8.78. The van der Waals surface area contributed by atoms with E-state index in [0.717, 1.165) is 32.1 Å². The van der Waals surface area contributed by atoms with Crippen molar-refractivity contribution >= 4 is 11.4 Å². The molecular formula is C18H29N3. The maximum absolute atomic E-state index is 3.69. The minimum Gasteiger partial charge on any atom is -0.371 e. The second kappa shape index (κ2) is 7.17. The average molecular weight is 287 g/mol. The number of nitrogens with zero attached hydrogens (tertiary/aromatic N) is 2. The van der Waals surface area contributed by atoms with E-state index in [1.54, 1.807) is 0 Å². The average Bonchev–Trinajstić information content (AvgIpc) is 2.55. The van der Waals surface area contributed by atoms with Crippen LogP contribution in [0, 0.1) is 5.92 Å². The molecule has 0 bridgehead atoms. The molecular weight excluding hydrogens is 258 g/mol. The first kappa shape index (κ1) is 14.7. The van der Waals surface area contributed by atoms with Crippen LogP contribution in [0.3, 0.4) is 0 Å². The predicted octanol–water partition coefficient (Wildman–Crippen LogP) is 3.11. The van der Waals surface area contributed by atoms with Crippen molar-refractivity contribution in [1.82, 2.24) is 5.32 Å². The summed E-state index contributed by atoms with van der Waals surface area (Å²) in [6.45, 7) is 5.71. The van der Waals surface area contributed by atoms with Gasteiger partial charge in [0.05, 0.1) is 11.4 Å². The number of fused-ring (bicyclic) bond motifs is 1. The van der Waals surface area contributed by atoms with Crippen molar-refractivity contribution in [2.75, 3.05) is 49.6 Å². The predicted molar refractivity (Wildman–Crippen MR) is 91.4 cm³/mol. The number of hydrogen-bond acceptors (Lipinski definition) is 3. The molecule has 0 saturated heterocycles. The van der Waals surface area contributed by atoms with Gasteiger partial charge in [-0.05, 0) is 37.4 Å². The van der Waals surface area contributed by atoms with Crippen molar-refractivity contribution in [3.05, 3.63) is 24.3 Å².